The molecule has 0 unspecified atom stereocenters. The van der Waals surface area contributed by atoms with Crippen molar-refractivity contribution in [3.63, 3.8) is 0 Å². The van der Waals surface area contributed by atoms with Crippen LogP contribution in [0.3, 0.4) is 0 Å². The van der Waals surface area contributed by atoms with Gasteiger partial charge in [-0.1, -0.05) is 64.1 Å². The Labute approximate surface area is 1010 Å². The first-order chi connectivity index (χ1) is 5.00. The monoisotopic (exact) mass is 2820 g/mol. The van der Waals surface area contributed by atoms with E-state index in [0.717, 1.165) is 0 Å². The number of rotatable bonds is 0. The van der Waals surface area contributed by atoms with Crippen molar-refractivity contribution in [3.05, 3.63) is 43.8 Å². The third-order valence-corrected chi connectivity index (χ3v) is 0.667. The predicted molar refractivity (Wildman–Crippen MR) is 55.6 cm³/mol. The summed E-state index contributed by atoms with van der Waals surface area (Å²) in [5.74, 6) is 0. The maximum Gasteiger partial charge on any atom is 0 e. The summed E-state index contributed by atoms with van der Waals surface area (Å²) in [5, 5.41) is 0. The average molecular weight is 2820 g/mol. The fraction of sp³-hybridized carbons (Fsp3) is 0.364. The molecule has 41 heavy (non-hydrogen) atoms. The van der Waals surface area contributed by atoms with E-state index in [1.54, 1.807) is 0 Å². The molecule has 0 N–H and O–H groups in total. The smallest absolute Gasteiger partial charge is 0 e. The molecule has 1 aromatic carbocycles. The molecule has 0 bridgehead atoms. The zero-order chi connectivity index (χ0) is 8.24. The first kappa shape index (κ1) is 236. The summed E-state index contributed by atoms with van der Waals surface area (Å²) >= 11 is 0. The van der Waals surface area contributed by atoms with Crippen LogP contribution in [0.5, 0.6) is 0 Å². The molecule has 0 amide bonds. The van der Waals surface area contributed by atoms with E-state index in [4.69, 9.17) is 0 Å². The number of hydrogen-bond acceptors (Lipinski definition) is 0. The van der Waals surface area contributed by atoms with Crippen LogP contribution in [0.15, 0.2) is 36.4 Å². The molecule has 0 saturated carbocycles. The maximum absolute atomic E-state index is 2.00. The van der Waals surface area contributed by atoms with E-state index in [1.807, 2.05) is 64.1 Å². The van der Waals surface area contributed by atoms with Crippen LogP contribution in [0.2, 0.25) is 0 Å². The van der Waals surface area contributed by atoms with Crippen LogP contribution >= 0.6 is 0 Å². The van der Waals surface area contributed by atoms with Gasteiger partial charge in [-0.15, -0.1) is 0 Å². The zero-order valence-corrected chi connectivity index (χ0v) is 111. The van der Waals surface area contributed by atoms with Crippen LogP contribution in [0.1, 0.15) is 27.7 Å². The third-order valence-electron chi connectivity index (χ3n) is 0.667. The van der Waals surface area contributed by atoms with Gasteiger partial charge >= 0.3 is 0 Å². The standard InChI is InChI=1S/C6H6.2C2H6.CH3.30Y/c1-2-4-6-5-3-1;2*1-2;;;;;;;;;;;;;;;;;;;;;;;;;;;;;;;/h1-6H;2*1-2H3;1H3;;;;;;;;;;;;;;;;;;;;;;;;;;;;;;/q;;;-1;;;;;;;;;;;;;;;;;;;;;;;;;;;;;;. The van der Waals surface area contributed by atoms with Gasteiger partial charge < -0.3 is 7.43 Å². The summed E-state index contributed by atoms with van der Waals surface area (Å²) in [4.78, 5) is 0. The molecule has 0 nitrogen and oxygen atoms in total. The second-order valence-electron chi connectivity index (χ2n) is 1.15. The van der Waals surface area contributed by atoms with Crippen LogP contribution in [0.25, 0.3) is 0 Å². The fourth-order valence-corrected chi connectivity index (χ4v) is 0.385. The van der Waals surface area contributed by atoms with Crippen molar-refractivity contribution in [2.24, 2.45) is 0 Å². The first-order valence-electron chi connectivity index (χ1n) is 4.00. The Balaban J connectivity index is -0.000000000575. The molecule has 0 atom stereocenters. The molecular formula is C11H21Y30-. The van der Waals surface area contributed by atoms with Gasteiger partial charge in [-0.25, -0.2) is 0 Å². The molecule has 30 heteroatoms. The Hall–Kier alpha value is 32.3. The Morgan fingerprint density at radius 1 is 0.146 bits per heavy atom. The number of benzene rings is 1. The summed E-state index contributed by atoms with van der Waals surface area (Å²) < 4.78 is 0. The largest absolute Gasteiger partial charge is 0.358 e. The molecule has 156 valence electrons. The molecule has 0 spiro atoms. The van der Waals surface area contributed by atoms with Gasteiger partial charge in [0.25, 0.3) is 0 Å². The summed E-state index contributed by atoms with van der Waals surface area (Å²) in [7, 11) is 0. The van der Waals surface area contributed by atoms with E-state index in [1.165, 1.54) is 0 Å². The summed E-state index contributed by atoms with van der Waals surface area (Å²) in [6.07, 6.45) is 0. The summed E-state index contributed by atoms with van der Waals surface area (Å²) in [6, 6.07) is 12.0. The minimum atomic E-state index is 0. The van der Waals surface area contributed by atoms with Gasteiger partial charge in [0, 0.05) is 981 Å². The average Bonchev–Trinajstić information content (AvgIpc) is 2.14. The van der Waals surface area contributed by atoms with E-state index >= 15 is 0 Å². The van der Waals surface area contributed by atoms with Crippen LogP contribution in [0.4, 0.5) is 0 Å². The van der Waals surface area contributed by atoms with Gasteiger partial charge in [0.2, 0.25) is 0 Å². The molecule has 1 rings (SSSR count). The molecule has 0 fully saturated rings. The predicted octanol–water partition coefficient (Wildman–Crippen LogP) is 4.11. The van der Waals surface area contributed by atoms with Gasteiger partial charge in [0.15, 0.2) is 0 Å². The molecule has 0 aromatic heterocycles. The van der Waals surface area contributed by atoms with E-state index in [-0.39, 0.29) is 989 Å². The van der Waals surface area contributed by atoms with Gasteiger partial charge in [-0.2, -0.15) is 0 Å². The topological polar surface area (TPSA) is 0 Å². The summed E-state index contributed by atoms with van der Waals surface area (Å²) in [5.41, 5.74) is 0. The van der Waals surface area contributed by atoms with Crippen LogP contribution in [0, 0.1) is 7.43 Å². The van der Waals surface area contributed by atoms with Crippen molar-refractivity contribution in [1.29, 1.82) is 0 Å². The molecular weight excluding hydrogens is 2800 g/mol. The second kappa shape index (κ2) is 250. The van der Waals surface area contributed by atoms with Gasteiger partial charge in [0.1, 0.15) is 0 Å². The normalized spacial score (nSPS) is 1.46. The third kappa shape index (κ3) is 243. The molecule has 1 aromatic rings. The van der Waals surface area contributed by atoms with Crippen molar-refractivity contribution >= 4 is 0 Å². The van der Waals surface area contributed by atoms with E-state index in [9.17, 15) is 0 Å². The van der Waals surface area contributed by atoms with Crippen LogP contribution in [-0.4, -0.2) is 0 Å². The second-order valence-corrected chi connectivity index (χ2v) is 1.15. The Kier molecular flexibility index (Phi) is 1440. The minimum absolute atomic E-state index is 0. The molecule has 0 aliphatic heterocycles. The first-order valence-corrected chi connectivity index (χ1v) is 4.00. The summed E-state index contributed by atoms with van der Waals surface area (Å²) in [6.45, 7) is 8.00. The molecule has 0 aliphatic carbocycles. The van der Waals surface area contributed by atoms with Crippen molar-refractivity contribution in [2.45, 2.75) is 27.7 Å². The van der Waals surface area contributed by atoms with Crippen LogP contribution < -0.4 is 0 Å². The number of hydrogen-bond donors (Lipinski definition) is 0. The fourth-order valence-electron chi connectivity index (χ4n) is 0.385. The molecule has 0 heterocycles. The Morgan fingerprint density at radius 3 is 0.195 bits per heavy atom. The van der Waals surface area contributed by atoms with Gasteiger partial charge in [-0.05, 0) is 0 Å². The van der Waals surface area contributed by atoms with Crippen molar-refractivity contribution < 1.29 is 981 Å². The molecule has 0 aliphatic rings. The SMILES string of the molecule is CC.CC.[CH3-].[Y].[Y].[Y].[Y].[Y].[Y].[Y].[Y].[Y].[Y].[Y].[Y].[Y].[Y].[Y].[Y].[Y].[Y].[Y].[Y].[Y].[Y].[Y].[Y].[Y].[Y].[Y].[Y].[Y].[Y].c1ccccc1. The zero-order valence-electron chi connectivity index (χ0n) is 25.8. The van der Waals surface area contributed by atoms with Crippen molar-refractivity contribution in [2.75, 3.05) is 0 Å². The van der Waals surface area contributed by atoms with E-state index < -0.39 is 0 Å². The van der Waals surface area contributed by atoms with Gasteiger partial charge in [0.05, 0.1) is 0 Å². The van der Waals surface area contributed by atoms with E-state index in [0.29, 0.717) is 0 Å². The quantitative estimate of drug-likeness (QED) is 0.344. The minimum Gasteiger partial charge on any atom is -0.358 e. The molecule has 30 radical (unpaired) electrons. The van der Waals surface area contributed by atoms with Crippen LogP contribution in [-0.2, 0) is 981 Å². The molecule has 0 saturated heterocycles. The maximum atomic E-state index is 2.00. The Bertz CT molecular complexity index is 106. The van der Waals surface area contributed by atoms with E-state index in [2.05, 4.69) is 0 Å². The van der Waals surface area contributed by atoms with Crippen molar-refractivity contribution in [1.82, 2.24) is 0 Å². The van der Waals surface area contributed by atoms with Gasteiger partial charge in [-0.3, -0.25) is 0 Å². The van der Waals surface area contributed by atoms with Crippen molar-refractivity contribution in [3.8, 4) is 0 Å². The Morgan fingerprint density at radius 2 is 0.171 bits per heavy atom.